The summed E-state index contributed by atoms with van der Waals surface area (Å²) in [6.45, 7) is 0. The van der Waals surface area contributed by atoms with Crippen LogP contribution >= 0.6 is 34.5 Å². The third kappa shape index (κ3) is 5.69. The first-order valence-corrected chi connectivity index (χ1v) is 11.8. The summed E-state index contributed by atoms with van der Waals surface area (Å²) in [5.41, 5.74) is 6.80. The van der Waals surface area contributed by atoms with E-state index in [1.54, 1.807) is 29.8 Å². The summed E-state index contributed by atoms with van der Waals surface area (Å²) in [4.78, 5) is 41.5. The summed E-state index contributed by atoms with van der Waals surface area (Å²) >= 11 is 13.1. The average molecular weight is 516 g/mol. The molecule has 34 heavy (non-hydrogen) atoms. The number of fused-ring (bicyclic) bond motifs is 1. The Morgan fingerprint density at radius 2 is 1.79 bits per heavy atom. The first-order valence-electron chi connectivity index (χ1n) is 10.1. The Morgan fingerprint density at radius 3 is 2.56 bits per heavy atom. The van der Waals surface area contributed by atoms with E-state index in [1.165, 1.54) is 23.5 Å². The van der Waals surface area contributed by atoms with Gasteiger partial charge in [0.25, 0.3) is 11.8 Å². The highest BCUT2D eigenvalue weighted by Crippen LogP contribution is 2.25. The first kappa shape index (κ1) is 23.6. The molecule has 2 aromatic heterocycles. The van der Waals surface area contributed by atoms with Gasteiger partial charge in [0.05, 0.1) is 14.9 Å². The van der Waals surface area contributed by atoms with Crippen molar-refractivity contribution in [3.63, 3.8) is 0 Å². The zero-order valence-corrected chi connectivity index (χ0v) is 19.9. The third-order valence-electron chi connectivity index (χ3n) is 4.94. The van der Waals surface area contributed by atoms with Crippen LogP contribution in [-0.2, 0) is 11.2 Å². The molecule has 0 unspecified atom stereocenters. The number of amides is 4. The molecule has 0 fully saturated rings. The average Bonchev–Trinajstić information content (AvgIpc) is 3.50. The van der Waals surface area contributed by atoms with E-state index < -0.39 is 18.0 Å². The lowest BCUT2D eigenvalue weighted by Gasteiger charge is -2.18. The van der Waals surface area contributed by atoms with E-state index in [4.69, 9.17) is 23.2 Å². The predicted octanol–water partition coefficient (Wildman–Crippen LogP) is 4.73. The van der Waals surface area contributed by atoms with E-state index in [0.717, 1.165) is 16.5 Å². The Balaban J connectivity index is 1.44. The summed E-state index contributed by atoms with van der Waals surface area (Å²) in [6, 6.07) is 14.0. The minimum atomic E-state index is -0.945. The maximum absolute atomic E-state index is 13.0. The molecule has 5 N–H and O–H groups in total. The number of hydrazine groups is 1. The maximum atomic E-state index is 13.0. The zero-order chi connectivity index (χ0) is 24.1. The number of carbonyl (C=O) groups excluding carboxylic acids is 3. The summed E-state index contributed by atoms with van der Waals surface area (Å²) in [6.07, 6.45) is 2.01. The zero-order valence-electron chi connectivity index (χ0n) is 17.5. The van der Waals surface area contributed by atoms with Crippen LogP contribution in [0.3, 0.4) is 0 Å². The van der Waals surface area contributed by atoms with Crippen LogP contribution in [0.1, 0.15) is 15.2 Å². The van der Waals surface area contributed by atoms with Gasteiger partial charge in [-0.25, -0.2) is 10.2 Å². The molecule has 4 aromatic rings. The van der Waals surface area contributed by atoms with Crippen molar-refractivity contribution in [2.75, 3.05) is 5.32 Å². The fraction of sp³-hybridized carbons (Fsp3) is 0.0870. The summed E-state index contributed by atoms with van der Waals surface area (Å²) in [5.74, 6) is -0.963. The Bertz CT molecular complexity index is 1340. The van der Waals surface area contributed by atoms with Crippen LogP contribution in [0.4, 0.5) is 10.5 Å². The molecule has 2 heterocycles. The van der Waals surface area contributed by atoms with E-state index in [9.17, 15) is 14.4 Å². The van der Waals surface area contributed by atoms with E-state index in [-0.39, 0.29) is 17.4 Å². The number of nitrogens with one attached hydrogen (secondary N) is 5. The molecule has 4 rings (SSSR count). The lowest BCUT2D eigenvalue weighted by Crippen LogP contribution is -2.53. The Hall–Kier alpha value is -3.53. The second-order valence-electron chi connectivity index (χ2n) is 7.26. The fourth-order valence-corrected chi connectivity index (χ4v) is 4.23. The number of aromatic amines is 1. The minimum absolute atomic E-state index is 0.211. The number of para-hydroxylation sites is 1. The number of H-pyrrole nitrogens is 1. The molecule has 174 valence electrons. The first-order chi connectivity index (χ1) is 16.4. The largest absolute Gasteiger partial charge is 0.361 e. The van der Waals surface area contributed by atoms with Crippen molar-refractivity contribution in [1.82, 2.24) is 21.2 Å². The number of anilines is 1. The van der Waals surface area contributed by atoms with Crippen molar-refractivity contribution >= 4 is 69.0 Å². The summed E-state index contributed by atoms with van der Waals surface area (Å²) < 4.78 is 0. The van der Waals surface area contributed by atoms with Crippen molar-refractivity contribution < 1.29 is 14.4 Å². The molecule has 2 aromatic carbocycles. The van der Waals surface area contributed by atoms with Crippen LogP contribution in [0.2, 0.25) is 10.0 Å². The van der Waals surface area contributed by atoms with Gasteiger partial charge in [0.1, 0.15) is 6.04 Å². The molecule has 0 bridgehead atoms. The van der Waals surface area contributed by atoms with Crippen LogP contribution < -0.4 is 21.5 Å². The van der Waals surface area contributed by atoms with Crippen LogP contribution in [0.5, 0.6) is 0 Å². The third-order valence-corrected chi connectivity index (χ3v) is 6.55. The quantitative estimate of drug-likeness (QED) is 0.239. The Kier molecular flexibility index (Phi) is 7.36. The number of urea groups is 1. The van der Waals surface area contributed by atoms with Crippen molar-refractivity contribution in [2.24, 2.45) is 0 Å². The summed E-state index contributed by atoms with van der Waals surface area (Å²) in [7, 11) is 0. The molecule has 0 spiro atoms. The standard InChI is InChI=1S/C23H19Cl2N5O3S/c24-16-8-7-14(11-17(16)25)27-23(33)30-29-21(31)19(28-22(32)20-6-3-9-34-20)10-13-12-26-18-5-2-1-4-15(13)18/h1-9,11-12,19,26H,10H2,(H,28,32)(H,29,31)(H2,27,30,33)/t19-/m1/s1. The van der Waals surface area contributed by atoms with E-state index >= 15 is 0 Å². The number of aromatic nitrogens is 1. The summed E-state index contributed by atoms with van der Waals surface area (Å²) in [5, 5.41) is 8.63. The number of halogens is 2. The molecule has 4 amide bonds. The number of hydrogen-bond donors (Lipinski definition) is 5. The van der Waals surface area contributed by atoms with Crippen LogP contribution in [0.25, 0.3) is 10.9 Å². The number of thiophene rings is 1. The van der Waals surface area contributed by atoms with Crippen molar-refractivity contribution in [2.45, 2.75) is 12.5 Å². The monoisotopic (exact) mass is 515 g/mol. The van der Waals surface area contributed by atoms with E-state index in [1.807, 2.05) is 24.3 Å². The van der Waals surface area contributed by atoms with Crippen LogP contribution in [-0.4, -0.2) is 28.9 Å². The van der Waals surface area contributed by atoms with Gasteiger partial charge >= 0.3 is 6.03 Å². The molecule has 1 atom stereocenters. The van der Waals surface area contributed by atoms with Gasteiger partial charge in [-0.2, -0.15) is 0 Å². The predicted molar refractivity (Wildman–Crippen MR) is 134 cm³/mol. The van der Waals surface area contributed by atoms with Crippen molar-refractivity contribution in [1.29, 1.82) is 0 Å². The van der Waals surface area contributed by atoms with E-state index in [0.29, 0.717) is 15.6 Å². The van der Waals surface area contributed by atoms with Gasteiger partial charge in [0.2, 0.25) is 0 Å². The van der Waals surface area contributed by atoms with E-state index in [2.05, 4.69) is 26.5 Å². The van der Waals surface area contributed by atoms with Crippen molar-refractivity contribution in [3.8, 4) is 0 Å². The smallest absolute Gasteiger partial charge is 0.337 e. The molecular weight excluding hydrogens is 497 g/mol. The molecule has 0 aliphatic rings. The second kappa shape index (κ2) is 10.6. The Labute approximate surface area is 208 Å². The number of carbonyl (C=O) groups is 3. The Morgan fingerprint density at radius 1 is 0.971 bits per heavy atom. The topological polar surface area (TPSA) is 115 Å². The lowest BCUT2D eigenvalue weighted by atomic mass is 10.0. The highest BCUT2D eigenvalue weighted by atomic mass is 35.5. The molecule has 8 nitrogen and oxygen atoms in total. The molecule has 0 radical (unpaired) electrons. The lowest BCUT2D eigenvalue weighted by molar-refractivity contribution is -0.123. The highest BCUT2D eigenvalue weighted by molar-refractivity contribution is 7.12. The second-order valence-corrected chi connectivity index (χ2v) is 9.03. The molecule has 0 saturated heterocycles. The molecule has 0 aliphatic carbocycles. The molecule has 11 heteroatoms. The fourth-order valence-electron chi connectivity index (χ4n) is 3.31. The molecule has 0 aliphatic heterocycles. The number of benzene rings is 2. The SMILES string of the molecule is O=C(NNC(=O)[C@@H](Cc1c[nH]c2ccccc12)NC(=O)c1cccs1)Nc1ccc(Cl)c(Cl)c1. The highest BCUT2D eigenvalue weighted by Gasteiger charge is 2.24. The molecule has 0 saturated carbocycles. The normalized spacial score (nSPS) is 11.6. The van der Waals surface area contributed by atoms with Gasteiger partial charge in [-0.05, 0) is 41.3 Å². The van der Waals surface area contributed by atoms with Gasteiger partial charge in [0, 0.05) is 29.2 Å². The van der Waals surface area contributed by atoms with Gasteiger partial charge in [-0.1, -0.05) is 47.5 Å². The van der Waals surface area contributed by atoms with Gasteiger partial charge in [0.15, 0.2) is 0 Å². The van der Waals surface area contributed by atoms with Gasteiger partial charge < -0.3 is 15.6 Å². The minimum Gasteiger partial charge on any atom is -0.361 e. The van der Waals surface area contributed by atoms with Crippen molar-refractivity contribution in [3.05, 3.63) is 86.7 Å². The molecular formula is C23H19Cl2N5O3S. The van der Waals surface area contributed by atoms with Gasteiger partial charge in [-0.3, -0.25) is 15.0 Å². The van der Waals surface area contributed by atoms with Gasteiger partial charge in [-0.15, -0.1) is 11.3 Å². The maximum Gasteiger partial charge on any atom is 0.337 e. The van der Waals surface area contributed by atoms with Crippen LogP contribution in [0.15, 0.2) is 66.2 Å². The number of rotatable bonds is 6. The number of hydrogen-bond acceptors (Lipinski definition) is 4. The van der Waals surface area contributed by atoms with Crippen LogP contribution in [0, 0.1) is 0 Å².